The number of nitrogens with zero attached hydrogens (tertiary/aromatic N) is 3. The summed E-state index contributed by atoms with van der Waals surface area (Å²) < 4.78 is 34.6. The molecule has 2 N–H and O–H groups in total. The van der Waals surface area contributed by atoms with Crippen molar-refractivity contribution < 1.29 is 23.4 Å². The summed E-state index contributed by atoms with van der Waals surface area (Å²) in [5.74, 6) is -1.84. The number of hydrogen-bond acceptors (Lipinski definition) is 5. The van der Waals surface area contributed by atoms with Gasteiger partial charge in [-0.05, 0) is 41.5 Å². The summed E-state index contributed by atoms with van der Waals surface area (Å²) in [6, 6.07) is 14.3. The summed E-state index contributed by atoms with van der Waals surface area (Å²) >= 11 is 0. The second kappa shape index (κ2) is 9.56. The molecule has 1 heterocycles. The van der Waals surface area contributed by atoms with Crippen LogP contribution in [0.5, 0.6) is 5.75 Å². The third-order valence-electron chi connectivity index (χ3n) is 5.84. The van der Waals surface area contributed by atoms with Crippen LogP contribution in [0.25, 0.3) is 10.8 Å². The fourth-order valence-electron chi connectivity index (χ4n) is 3.86. The standard InChI is InChI=1S/C25H24F2N4O3/c1-16(17-3-4-19-10-21(34-2)7-5-18(19)9-17)24(32)29-12-25(33,13-31-15-28-14-30-31)22-8-6-20(26)11-23(22)27/h3-11,14-16,33H,12-13H2,1-2H3,(H,29,32)/t16-,25-/m0/s1. The number of benzene rings is 3. The molecule has 0 saturated heterocycles. The average molecular weight is 466 g/mol. The zero-order chi connectivity index (χ0) is 24.3. The SMILES string of the molecule is COc1ccc2cc([C@H](C)C(=O)NC[C@](O)(Cn3cncn3)c3ccc(F)cc3F)ccc2c1. The molecule has 0 spiro atoms. The minimum Gasteiger partial charge on any atom is -0.497 e. The predicted molar refractivity (Wildman–Crippen MR) is 122 cm³/mol. The van der Waals surface area contributed by atoms with Crippen molar-refractivity contribution in [3.63, 3.8) is 0 Å². The lowest BCUT2D eigenvalue weighted by atomic mass is 9.92. The summed E-state index contributed by atoms with van der Waals surface area (Å²) in [7, 11) is 1.60. The molecule has 4 rings (SSSR count). The molecule has 7 nitrogen and oxygen atoms in total. The molecule has 0 aliphatic heterocycles. The van der Waals surface area contributed by atoms with Gasteiger partial charge in [0.2, 0.25) is 5.91 Å². The van der Waals surface area contributed by atoms with Crippen molar-refractivity contribution in [2.75, 3.05) is 13.7 Å². The molecule has 1 aromatic heterocycles. The van der Waals surface area contributed by atoms with Gasteiger partial charge in [-0.3, -0.25) is 4.79 Å². The quantitative estimate of drug-likeness (QED) is 0.415. The first-order valence-corrected chi connectivity index (χ1v) is 10.6. The molecule has 9 heteroatoms. The molecule has 0 aliphatic rings. The van der Waals surface area contributed by atoms with Crippen molar-refractivity contribution in [1.29, 1.82) is 0 Å². The number of rotatable bonds is 8. The number of aliphatic hydroxyl groups is 1. The molecule has 2 atom stereocenters. The zero-order valence-corrected chi connectivity index (χ0v) is 18.7. The van der Waals surface area contributed by atoms with Crippen LogP contribution < -0.4 is 10.1 Å². The largest absolute Gasteiger partial charge is 0.497 e. The third kappa shape index (κ3) is 4.89. The van der Waals surface area contributed by atoms with Gasteiger partial charge in [0.25, 0.3) is 0 Å². The highest BCUT2D eigenvalue weighted by atomic mass is 19.1. The van der Waals surface area contributed by atoms with E-state index in [1.54, 1.807) is 14.0 Å². The Morgan fingerprint density at radius 3 is 2.62 bits per heavy atom. The highest BCUT2D eigenvalue weighted by molar-refractivity contribution is 5.88. The van der Waals surface area contributed by atoms with Gasteiger partial charge in [0, 0.05) is 11.6 Å². The van der Waals surface area contributed by atoms with Crippen LogP contribution in [0, 0.1) is 11.6 Å². The lowest BCUT2D eigenvalue weighted by Gasteiger charge is -2.29. The molecule has 1 amide bonds. The molecule has 0 unspecified atom stereocenters. The van der Waals surface area contributed by atoms with Crippen LogP contribution in [-0.2, 0) is 16.9 Å². The van der Waals surface area contributed by atoms with E-state index in [1.165, 1.54) is 17.3 Å². The fourth-order valence-corrected chi connectivity index (χ4v) is 3.86. The van der Waals surface area contributed by atoms with Gasteiger partial charge in [-0.2, -0.15) is 5.10 Å². The van der Waals surface area contributed by atoms with Gasteiger partial charge in [-0.1, -0.05) is 30.3 Å². The first-order valence-electron chi connectivity index (χ1n) is 10.6. The first kappa shape index (κ1) is 23.3. The summed E-state index contributed by atoms with van der Waals surface area (Å²) in [6.45, 7) is 1.24. The molecule has 176 valence electrons. The van der Waals surface area contributed by atoms with E-state index in [0.29, 0.717) is 6.07 Å². The minimum atomic E-state index is -1.89. The van der Waals surface area contributed by atoms with Gasteiger partial charge in [0.05, 0.1) is 26.1 Å². The second-order valence-electron chi connectivity index (χ2n) is 8.16. The van der Waals surface area contributed by atoms with Gasteiger partial charge < -0.3 is 15.2 Å². The zero-order valence-electron chi connectivity index (χ0n) is 18.7. The molecule has 34 heavy (non-hydrogen) atoms. The molecule has 0 bridgehead atoms. The average Bonchev–Trinajstić information content (AvgIpc) is 3.34. The van der Waals surface area contributed by atoms with Crippen molar-refractivity contribution in [3.8, 4) is 5.75 Å². The number of carbonyl (C=O) groups is 1. The number of halogens is 2. The number of fused-ring (bicyclic) bond motifs is 1. The smallest absolute Gasteiger partial charge is 0.227 e. The van der Waals surface area contributed by atoms with Crippen molar-refractivity contribution in [3.05, 3.63) is 90.0 Å². The molecular formula is C25H24F2N4O3. The van der Waals surface area contributed by atoms with E-state index in [0.717, 1.165) is 34.2 Å². The summed E-state index contributed by atoms with van der Waals surface area (Å²) in [6.07, 6.45) is 2.64. The van der Waals surface area contributed by atoms with Crippen LogP contribution in [0.3, 0.4) is 0 Å². The summed E-state index contributed by atoms with van der Waals surface area (Å²) in [4.78, 5) is 16.8. The Labute approximate surface area is 195 Å². The van der Waals surface area contributed by atoms with Crippen molar-refractivity contribution >= 4 is 16.7 Å². The highest BCUT2D eigenvalue weighted by Gasteiger charge is 2.34. The third-order valence-corrected chi connectivity index (χ3v) is 5.84. The number of methoxy groups -OCH3 is 1. The van der Waals surface area contributed by atoms with Gasteiger partial charge >= 0.3 is 0 Å². The van der Waals surface area contributed by atoms with E-state index in [9.17, 15) is 18.7 Å². The predicted octanol–water partition coefficient (Wildman–Crippen LogP) is 3.53. The number of carbonyl (C=O) groups excluding carboxylic acids is 1. The number of amides is 1. The van der Waals surface area contributed by atoms with Crippen molar-refractivity contribution in [2.45, 2.75) is 25.0 Å². The van der Waals surface area contributed by atoms with E-state index in [-0.39, 0.29) is 24.6 Å². The molecular weight excluding hydrogens is 442 g/mol. The second-order valence-corrected chi connectivity index (χ2v) is 8.16. The molecule has 4 aromatic rings. The molecule has 0 aliphatic carbocycles. The molecule has 3 aromatic carbocycles. The lowest BCUT2D eigenvalue weighted by Crippen LogP contribution is -2.45. The minimum absolute atomic E-state index is 0.156. The van der Waals surface area contributed by atoms with Crippen LogP contribution in [0.1, 0.15) is 24.0 Å². The van der Waals surface area contributed by atoms with Crippen molar-refractivity contribution in [2.24, 2.45) is 0 Å². The lowest BCUT2D eigenvalue weighted by molar-refractivity contribution is -0.123. The van der Waals surface area contributed by atoms with Crippen LogP contribution in [0.15, 0.2) is 67.3 Å². The Kier molecular flexibility index (Phi) is 6.56. The normalized spacial score (nSPS) is 13.9. The van der Waals surface area contributed by atoms with E-state index < -0.39 is 23.2 Å². The van der Waals surface area contributed by atoms with Crippen molar-refractivity contribution in [1.82, 2.24) is 20.1 Å². The maximum absolute atomic E-state index is 14.6. The topological polar surface area (TPSA) is 89.3 Å². The van der Waals surface area contributed by atoms with E-state index in [2.05, 4.69) is 15.4 Å². The monoisotopic (exact) mass is 466 g/mol. The number of hydrogen-bond donors (Lipinski definition) is 2. The van der Waals surface area contributed by atoms with E-state index in [1.807, 2.05) is 36.4 Å². The van der Waals surface area contributed by atoms with E-state index in [4.69, 9.17) is 4.74 Å². The summed E-state index contributed by atoms with van der Waals surface area (Å²) in [5.41, 5.74) is -1.26. The van der Waals surface area contributed by atoms with Gasteiger partial charge in [-0.15, -0.1) is 0 Å². The fraction of sp³-hybridized carbons (Fsp3) is 0.240. The molecule has 0 fully saturated rings. The number of nitrogens with one attached hydrogen (secondary N) is 1. The summed E-state index contributed by atoms with van der Waals surface area (Å²) in [5, 5.41) is 19.9. The Morgan fingerprint density at radius 2 is 1.91 bits per heavy atom. The van der Waals surface area contributed by atoms with Crippen LogP contribution in [0.4, 0.5) is 8.78 Å². The number of ether oxygens (including phenoxy) is 1. The molecule has 0 radical (unpaired) electrons. The van der Waals surface area contributed by atoms with Crippen LogP contribution >= 0.6 is 0 Å². The van der Waals surface area contributed by atoms with Gasteiger partial charge in [-0.25, -0.2) is 18.4 Å². The maximum atomic E-state index is 14.6. The van der Waals surface area contributed by atoms with Crippen LogP contribution in [0.2, 0.25) is 0 Å². The Bertz CT molecular complexity index is 1310. The molecule has 0 saturated carbocycles. The Morgan fingerprint density at radius 1 is 1.15 bits per heavy atom. The van der Waals surface area contributed by atoms with Gasteiger partial charge in [0.1, 0.15) is 35.6 Å². The first-order chi connectivity index (χ1) is 16.3. The maximum Gasteiger partial charge on any atom is 0.227 e. The Hall–Kier alpha value is -3.85. The van der Waals surface area contributed by atoms with Gasteiger partial charge in [0.15, 0.2) is 0 Å². The van der Waals surface area contributed by atoms with Crippen LogP contribution in [-0.4, -0.2) is 39.4 Å². The highest BCUT2D eigenvalue weighted by Crippen LogP contribution is 2.28. The van der Waals surface area contributed by atoms with E-state index >= 15 is 0 Å². The Balaban J connectivity index is 1.54. The number of aromatic nitrogens is 3.